The third kappa shape index (κ3) is 2.54. The highest BCUT2D eigenvalue weighted by Gasteiger charge is 2.41. The van der Waals surface area contributed by atoms with E-state index in [1.807, 2.05) is 0 Å². The highest BCUT2D eigenvalue weighted by molar-refractivity contribution is 9.10. The predicted octanol–water partition coefficient (Wildman–Crippen LogP) is 2.68. The Morgan fingerprint density at radius 3 is 2.94 bits per heavy atom. The quantitative estimate of drug-likeness (QED) is 0.872. The summed E-state index contributed by atoms with van der Waals surface area (Å²) < 4.78 is 6.12. The lowest BCUT2D eigenvalue weighted by molar-refractivity contribution is -0.247. The number of rotatable bonds is 2. The van der Waals surface area contributed by atoms with Crippen LogP contribution in [0.2, 0.25) is 5.02 Å². The topological polar surface area (TPSA) is 66.8 Å². The Balaban J connectivity index is 2.53. The highest BCUT2D eigenvalue weighted by atomic mass is 79.9. The van der Waals surface area contributed by atoms with Gasteiger partial charge in [0.25, 0.3) is 0 Å². The van der Waals surface area contributed by atoms with E-state index >= 15 is 0 Å². The molecule has 0 spiro atoms. The lowest BCUT2D eigenvalue weighted by Crippen LogP contribution is -2.41. The van der Waals surface area contributed by atoms with Crippen molar-refractivity contribution in [1.29, 1.82) is 0 Å². The number of benzene rings is 1. The normalized spacial score (nSPS) is 26.8. The molecule has 98 valence electrons. The molecule has 18 heavy (non-hydrogen) atoms. The summed E-state index contributed by atoms with van der Waals surface area (Å²) in [5.74, 6) is -2.94. The van der Waals surface area contributed by atoms with E-state index < -0.39 is 18.2 Å². The Kier molecular flexibility index (Phi) is 3.69. The van der Waals surface area contributed by atoms with E-state index in [0.29, 0.717) is 17.0 Å². The highest BCUT2D eigenvalue weighted by Crippen LogP contribution is 2.40. The molecule has 0 radical (unpaired) electrons. The van der Waals surface area contributed by atoms with Gasteiger partial charge in [-0.15, -0.1) is 0 Å². The summed E-state index contributed by atoms with van der Waals surface area (Å²) >= 11 is 9.30. The first kappa shape index (κ1) is 13.8. The second kappa shape index (κ2) is 4.81. The number of ether oxygens (including phenoxy) is 1. The van der Waals surface area contributed by atoms with Crippen molar-refractivity contribution in [2.24, 2.45) is 0 Å². The van der Waals surface area contributed by atoms with Gasteiger partial charge >= 0.3 is 5.97 Å². The van der Waals surface area contributed by atoms with Crippen LogP contribution in [0.5, 0.6) is 0 Å². The standard InChI is InChI=1S/C12H12BrClO4/c1-6-2-7-3-9(13)10(14)4-8(7)12(17,18-6)5-11(15)16/h3-4,6,17H,2,5H2,1H3,(H,15,16)/t6-,12?/m1/s1. The molecule has 0 aliphatic carbocycles. The van der Waals surface area contributed by atoms with Crippen LogP contribution >= 0.6 is 27.5 Å². The Labute approximate surface area is 118 Å². The van der Waals surface area contributed by atoms with E-state index in [-0.39, 0.29) is 6.10 Å². The Bertz CT molecular complexity index is 505. The molecule has 0 saturated carbocycles. The third-order valence-corrected chi connectivity index (χ3v) is 4.06. The second-order valence-corrected chi connectivity index (χ2v) is 5.67. The zero-order chi connectivity index (χ0) is 13.5. The van der Waals surface area contributed by atoms with Crippen molar-refractivity contribution in [2.75, 3.05) is 0 Å². The van der Waals surface area contributed by atoms with Crippen LogP contribution in [0.3, 0.4) is 0 Å². The minimum atomic E-state index is -1.82. The lowest BCUT2D eigenvalue weighted by atomic mass is 9.90. The van der Waals surface area contributed by atoms with Gasteiger partial charge in [-0.3, -0.25) is 4.79 Å². The molecule has 0 aromatic heterocycles. The number of carbonyl (C=O) groups is 1. The van der Waals surface area contributed by atoms with Crippen molar-refractivity contribution < 1.29 is 19.7 Å². The maximum atomic E-state index is 10.9. The van der Waals surface area contributed by atoms with Gasteiger partial charge in [0, 0.05) is 10.0 Å². The van der Waals surface area contributed by atoms with Gasteiger partial charge in [0.15, 0.2) is 0 Å². The number of hydrogen-bond acceptors (Lipinski definition) is 3. The second-order valence-electron chi connectivity index (χ2n) is 4.41. The van der Waals surface area contributed by atoms with Crippen molar-refractivity contribution in [3.05, 3.63) is 32.8 Å². The first-order chi connectivity index (χ1) is 8.32. The number of carboxylic acids is 1. The van der Waals surface area contributed by atoms with Crippen LogP contribution < -0.4 is 0 Å². The number of aliphatic hydroxyl groups is 1. The Morgan fingerprint density at radius 1 is 1.67 bits per heavy atom. The molecule has 0 bridgehead atoms. The number of carboxylic acid groups (broad SMARTS) is 1. The first-order valence-electron chi connectivity index (χ1n) is 5.42. The van der Waals surface area contributed by atoms with Gasteiger partial charge in [-0.25, -0.2) is 0 Å². The van der Waals surface area contributed by atoms with Crippen LogP contribution in [0.4, 0.5) is 0 Å². The number of fused-ring (bicyclic) bond motifs is 1. The van der Waals surface area contributed by atoms with E-state index in [1.54, 1.807) is 19.1 Å². The number of aliphatic carboxylic acids is 1. The molecule has 2 rings (SSSR count). The van der Waals surface area contributed by atoms with E-state index in [1.165, 1.54) is 0 Å². The molecule has 4 nitrogen and oxygen atoms in total. The minimum Gasteiger partial charge on any atom is -0.481 e. The summed E-state index contributed by atoms with van der Waals surface area (Å²) in [7, 11) is 0. The van der Waals surface area contributed by atoms with Gasteiger partial charge < -0.3 is 14.9 Å². The fourth-order valence-corrected chi connectivity index (χ4v) is 2.76. The van der Waals surface area contributed by atoms with Crippen LogP contribution in [-0.2, 0) is 21.7 Å². The average Bonchev–Trinajstić information content (AvgIpc) is 2.19. The summed E-state index contributed by atoms with van der Waals surface area (Å²) in [4.78, 5) is 10.9. The Hall–Kier alpha value is -0.620. The zero-order valence-electron chi connectivity index (χ0n) is 9.61. The summed E-state index contributed by atoms with van der Waals surface area (Å²) in [5, 5.41) is 19.7. The van der Waals surface area contributed by atoms with E-state index in [9.17, 15) is 9.90 Å². The molecule has 0 saturated heterocycles. The van der Waals surface area contributed by atoms with Crippen molar-refractivity contribution in [2.45, 2.75) is 31.7 Å². The molecular weight excluding hydrogens is 323 g/mol. The summed E-state index contributed by atoms with van der Waals surface area (Å²) in [6.45, 7) is 1.79. The minimum absolute atomic E-state index is 0.255. The molecule has 1 unspecified atom stereocenters. The molecule has 1 aliphatic heterocycles. The predicted molar refractivity (Wildman–Crippen MR) is 69.6 cm³/mol. The fraction of sp³-hybridized carbons (Fsp3) is 0.417. The fourth-order valence-electron chi connectivity index (χ4n) is 2.21. The van der Waals surface area contributed by atoms with Gasteiger partial charge in [-0.2, -0.15) is 0 Å². The van der Waals surface area contributed by atoms with Crippen LogP contribution in [0.1, 0.15) is 24.5 Å². The van der Waals surface area contributed by atoms with Crippen molar-refractivity contribution in [1.82, 2.24) is 0 Å². The monoisotopic (exact) mass is 334 g/mol. The molecule has 1 aliphatic rings. The molecule has 2 N–H and O–H groups in total. The summed E-state index contributed by atoms with van der Waals surface area (Å²) in [5.41, 5.74) is 1.27. The van der Waals surface area contributed by atoms with E-state index in [4.69, 9.17) is 21.4 Å². The molecule has 1 aromatic rings. The van der Waals surface area contributed by atoms with E-state index in [2.05, 4.69) is 15.9 Å². The molecular formula is C12H12BrClO4. The Morgan fingerprint density at radius 2 is 2.33 bits per heavy atom. The van der Waals surface area contributed by atoms with Crippen molar-refractivity contribution in [3.63, 3.8) is 0 Å². The molecule has 0 fully saturated rings. The molecule has 0 amide bonds. The SMILES string of the molecule is C[C@@H]1Cc2cc(Br)c(Cl)cc2C(O)(CC(=O)O)O1. The maximum absolute atomic E-state index is 10.9. The summed E-state index contributed by atoms with van der Waals surface area (Å²) in [6.07, 6.45) is -0.162. The van der Waals surface area contributed by atoms with E-state index in [0.717, 1.165) is 10.0 Å². The van der Waals surface area contributed by atoms with Gasteiger partial charge in [-0.1, -0.05) is 11.6 Å². The van der Waals surface area contributed by atoms with Crippen LogP contribution in [0.25, 0.3) is 0 Å². The lowest BCUT2D eigenvalue weighted by Gasteiger charge is -2.37. The third-order valence-electron chi connectivity index (χ3n) is 2.86. The summed E-state index contributed by atoms with van der Waals surface area (Å²) in [6, 6.07) is 3.35. The maximum Gasteiger partial charge on any atom is 0.309 e. The molecule has 1 aromatic carbocycles. The van der Waals surface area contributed by atoms with Gasteiger partial charge in [-0.05, 0) is 47.0 Å². The largest absolute Gasteiger partial charge is 0.481 e. The molecule has 6 heteroatoms. The van der Waals surface area contributed by atoms with Crippen LogP contribution in [-0.4, -0.2) is 22.3 Å². The smallest absolute Gasteiger partial charge is 0.309 e. The van der Waals surface area contributed by atoms with Crippen molar-refractivity contribution in [3.8, 4) is 0 Å². The molecule has 2 atom stereocenters. The molecule has 1 heterocycles. The first-order valence-corrected chi connectivity index (χ1v) is 6.59. The van der Waals surface area contributed by atoms with Gasteiger partial charge in [0.1, 0.15) is 6.42 Å². The number of hydrogen-bond donors (Lipinski definition) is 2. The average molecular weight is 336 g/mol. The number of halogens is 2. The van der Waals surface area contributed by atoms with Crippen molar-refractivity contribution >= 4 is 33.5 Å². The van der Waals surface area contributed by atoms with Gasteiger partial charge in [0.2, 0.25) is 5.79 Å². The zero-order valence-corrected chi connectivity index (χ0v) is 12.0. The van der Waals surface area contributed by atoms with Crippen LogP contribution in [0.15, 0.2) is 16.6 Å². The van der Waals surface area contributed by atoms with Crippen LogP contribution in [0, 0.1) is 0 Å². The van der Waals surface area contributed by atoms with Gasteiger partial charge in [0.05, 0.1) is 11.1 Å².